The molecule has 0 aliphatic heterocycles. The van der Waals surface area contributed by atoms with Crippen molar-refractivity contribution >= 4 is 13.9 Å². The third kappa shape index (κ3) is 3.28. The fourth-order valence-electron chi connectivity index (χ4n) is 2.24. The number of halogens is 1. The van der Waals surface area contributed by atoms with Gasteiger partial charge in [-0.3, -0.25) is 0 Å². The summed E-state index contributed by atoms with van der Waals surface area (Å²) in [7, 11) is -2.24. The first-order valence-corrected chi connectivity index (χ1v) is 8.73. The van der Waals surface area contributed by atoms with Crippen molar-refractivity contribution in [2.24, 2.45) is 0 Å². The Balaban J connectivity index is 3.10. The summed E-state index contributed by atoms with van der Waals surface area (Å²) in [5.41, 5.74) is 0.690. The zero-order valence-electron chi connectivity index (χ0n) is 10.7. The van der Waals surface area contributed by atoms with Gasteiger partial charge in [-0.05, 0) is 4.48 Å². The Kier molecular flexibility index (Phi) is 5.75. The van der Waals surface area contributed by atoms with E-state index in [2.05, 4.69) is 19.7 Å². The highest BCUT2D eigenvalue weighted by atomic mass is 28.3. The van der Waals surface area contributed by atoms with Crippen molar-refractivity contribution in [3.05, 3.63) is 68.3 Å². The maximum Gasteiger partial charge on any atom is 0.338 e. The second-order valence-electron chi connectivity index (χ2n) is 4.44. The van der Waals surface area contributed by atoms with E-state index in [-0.39, 0.29) is 4.79 Å². The van der Waals surface area contributed by atoms with E-state index in [1.54, 1.807) is 0 Å². The van der Waals surface area contributed by atoms with Gasteiger partial charge in [-0.25, -0.2) is 0 Å². The summed E-state index contributed by atoms with van der Waals surface area (Å²) >= 11 is 0. The number of quaternary nitrogens is 1. The molecule has 0 aromatic heterocycles. The fraction of sp³-hybridized carbons (Fsp3) is 0.200. The fourth-order valence-corrected chi connectivity index (χ4v) is 5.71. The topological polar surface area (TPSA) is 4.44 Å². The first-order chi connectivity index (χ1) is 8.70. The Morgan fingerprint density at radius 3 is 1.78 bits per heavy atom. The molecule has 0 saturated carbocycles. The summed E-state index contributed by atoms with van der Waals surface area (Å²) in [6.45, 7) is 11.3. The van der Waals surface area contributed by atoms with Crippen LogP contribution in [0.4, 0.5) is 10.2 Å². The van der Waals surface area contributed by atoms with Crippen molar-refractivity contribution < 1.29 is 9.27 Å². The highest BCUT2D eigenvalue weighted by Crippen LogP contribution is 2.19. The third-order valence-corrected chi connectivity index (χ3v) is 7.53. The summed E-state index contributed by atoms with van der Waals surface area (Å²) in [5, 5.41) is 0. The molecule has 1 aromatic rings. The van der Waals surface area contributed by atoms with Crippen LogP contribution in [0.5, 0.6) is 0 Å². The second kappa shape index (κ2) is 7.09. The molecule has 1 N–H and O–H groups in total. The van der Waals surface area contributed by atoms with E-state index in [0.717, 1.165) is 0 Å². The highest BCUT2D eigenvalue weighted by molar-refractivity contribution is 6.73. The van der Waals surface area contributed by atoms with E-state index >= 15 is 0 Å². The first kappa shape index (κ1) is 14.6. The maximum atomic E-state index is 14.9. The molecule has 1 rings (SSSR count). The number of hydrogen-bond donors (Lipinski definition) is 1. The average molecular weight is 262 g/mol. The molecule has 1 nitrogen and oxygen atoms in total. The van der Waals surface area contributed by atoms with E-state index in [1.807, 2.05) is 48.6 Å². The van der Waals surface area contributed by atoms with Gasteiger partial charge in [0.2, 0.25) is 0 Å². The standard InChI is InChI=1S/C15H20FNSi/c1-4-12-18(13-5-2,14-6-3)17(16)15-10-8-7-9-11-15/h4-11H,1-3,12-14H2/p+1. The van der Waals surface area contributed by atoms with E-state index in [9.17, 15) is 4.48 Å². The van der Waals surface area contributed by atoms with E-state index in [1.165, 1.54) is 0 Å². The monoisotopic (exact) mass is 262 g/mol. The number of nitrogens with one attached hydrogen (secondary N) is 1. The van der Waals surface area contributed by atoms with Gasteiger partial charge in [0.15, 0.2) is 5.69 Å². The molecule has 0 heterocycles. The molecule has 0 bridgehead atoms. The normalized spacial score (nSPS) is 12.7. The van der Waals surface area contributed by atoms with Crippen molar-refractivity contribution in [3.8, 4) is 0 Å². The summed E-state index contributed by atoms with van der Waals surface area (Å²) in [6, 6.07) is 11.4. The summed E-state index contributed by atoms with van der Waals surface area (Å²) < 4.78 is 14.9. The van der Waals surface area contributed by atoms with Crippen LogP contribution in [-0.4, -0.2) is 8.24 Å². The molecule has 18 heavy (non-hydrogen) atoms. The van der Waals surface area contributed by atoms with Crippen molar-refractivity contribution in [3.63, 3.8) is 0 Å². The molecule has 0 radical (unpaired) electrons. The van der Waals surface area contributed by atoms with Crippen LogP contribution in [0, 0.1) is 0 Å². The highest BCUT2D eigenvalue weighted by Gasteiger charge is 2.46. The van der Waals surface area contributed by atoms with Crippen LogP contribution in [0.1, 0.15) is 0 Å². The first-order valence-electron chi connectivity index (χ1n) is 6.11. The predicted octanol–water partition coefficient (Wildman–Crippen LogP) is 3.59. The lowest BCUT2D eigenvalue weighted by Gasteiger charge is -2.27. The van der Waals surface area contributed by atoms with E-state index < -0.39 is 8.24 Å². The van der Waals surface area contributed by atoms with Gasteiger partial charge >= 0.3 is 8.24 Å². The Hall–Kier alpha value is -1.45. The minimum Gasteiger partial charge on any atom is -0.162 e. The molecule has 0 saturated heterocycles. The van der Waals surface area contributed by atoms with Crippen molar-refractivity contribution in [2.75, 3.05) is 0 Å². The Morgan fingerprint density at radius 2 is 1.39 bits per heavy atom. The molecule has 0 fully saturated rings. The van der Waals surface area contributed by atoms with Gasteiger partial charge in [0, 0.05) is 30.3 Å². The summed E-state index contributed by atoms with van der Waals surface area (Å²) in [4.78, 5) is 0.0304. The maximum absolute atomic E-state index is 14.9. The molecule has 96 valence electrons. The lowest BCUT2D eigenvalue weighted by molar-refractivity contribution is -0.890. The Bertz CT molecular complexity index is 376. The van der Waals surface area contributed by atoms with Gasteiger partial charge in [-0.1, -0.05) is 36.4 Å². The quantitative estimate of drug-likeness (QED) is 0.415. The van der Waals surface area contributed by atoms with Crippen LogP contribution in [0.25, 0.3) is 0 Å². The van der Waals surface area contributed by atoms with Gasteiger partial charge in [0.05, 0.1) is 0 Å². The number of benzene rings is 1. The molecule has 0 spiro atoms. The molecular formula is C15H21FNSi+. The largest absolute Gasteiger partial charge is 0.338 e. The summed E-state index contributed by atoms with van der Waals surface area (Å²) in [5.74, 6) is 0. The van der Waals surface area contributed by atoms with Gasteiger partial charge < -0.3 is 0 Å². The average Bonchev–Trinajstić information content (AvgIpc) is 2.39. The zero-order chi connectivity index (χ0) is 13.4. The smallest absolute Gasteiger partial charge is 0.162 e. The van der Waals surface area contributed by atoms with Gasteiger partial charge in [-0.15, -0.1) is 19.7 Å². The minimum atomic E-state index is -2.24. The number of allylic oxidation sites excluding steroid dienone is 3. The SMILES string of the molecule is C=CC[Si](CC=C)(CC=C)[NH+](F)c1ccccc1. The molecule has 0 amide bonds. The molecule has 0 aliphatic rings. The summed E-state index contributed by atoms with van der Waals surface area (Å²) in [6.07, 6.45) is 5.46. The third-order valence-electron chi connectivity index (χ3n) is 3.10. The predicted molar refractivity (Wildman–Crippen MR) is 78.9 cm³/mol. The van der Waals surface area contributed by atoms with Crippen LogP contribution in [0.3, 0.4) is 0 Å². The molecule has 1 unspecified atom stereocenters. The lowest BCUT2D eigenvalue weighted by atomic mass is 10.3. The van der Waals surface area contributed by atoms with Crippen molar-refractivity contribution in [2.45, 2.75) is 18.1 Å². The Labute approximate surface area is 110 Å². The van der Waals surface area contributed by atoms with Crippen LogP contribution in [0.2, 0.25) is 18.1 Å². The molecule has 3 heteroatoms. The molecule has 0 aliphatic carbocycles. The van der Waals surface area contributed by atoms with Crippen LogP contribution in [-0.2, 0) is 0 Å². The van der Waals surface area contributed by atoms with Crippen LogP contribution < -0.4 is 4.79 Å². The van der Waals surface area contributed by atoms with Crippen LogP contribution in [0.15, 0.2) is 68.3 Å². The Morgan fingerprint density at radius 1 is 0.944 bits per heavy atom. The van der Waals surface area contributed by atoms with Gasteiger partial charge in [-0.2, -0.15) is 4.79 Å². The van der Waals surface area contributed by atoms with Gasteiger partial charge in [0.1, 0.15) is 0 Å². The molecule has 1 atom stereocenters. The second-order valence-corrected chi connectivity index (χ2v) is 8.66. The number of rotatable bonds is 8. The van der Waals surface area contributed by atoms with E-state index in [0.29, 0.717) is 23.8 Å². The number of hydrogen-bond acceptors (Lipinski definition) is 0. The van der Waals surface area contributed by atoms with Gasteiger partial charge in [0.25, 0.3) is 0 Å². The molecular weight excluding hydrogens is 241 g/mol. The lowest BCUT2D eigenvalue weighted by Crippen LogP contribution is -3.12. The van der Waals surface area contributed by atoms with Crippen LogP contribution >= 0.6 is 0 Å². The zero-order valence-corrected chi connectivity index (χ0v) is 11.7. The van der Waals surface area contributed by atoms with E-state index in [4.69, 9.17) is 0 Å². The minimum absolute atomic E-state index is 0.0304. The molecule has 1 aromatic carbocycles. The van der Waals surface area contributed by atoms with Crippen molar-refractivity contribution in [1.82, 2.24) is 0 Å². The van der Waals surface area contributed by atoms with Crippen molar-refractivity contribution in [1.29, 1.82) is 0 Å².